The highest BCUT2D eigenvalue weighted by atomic mass is 35.5. The number of ether oxygens (including phenoxy) is 1. The summed E-state index contributed by atoms with van der Waals surface area (Å²) in [4.78, 5) is 59.6. The molecule has 1 aromatic rings. The number of amides is 3. The molecule has 1 rings (SSSR count). The Bertz CT molecular complexity index is 817. The van der Waals surface area contributed by atoms with Gasteiger partial charge in [0.1, 0.15) is 24.6 Å². The average molecular weight is 470 g/mol. The van der Waals surface area contributed by atoms with Crippen molar-refractivity contribution in [3.63, 3.8) is 0 Å². The van der Waals surface area contributed by atoms with Gasteiger partial charge >= 0.3 is 12.1 Å². The minimum Gasteiger partial charge on any atom is -0.481 e. The van der Waals surface area contributed by atoms with E-state index in [4.69, 9.17) is 21.4 Å². The van der Waals surface area contributed by atoms with E-state index in [1.807, 2.05) is 6.07 Å². The number of carbonyl (C=O) groups is 5. The molecular weight excluding hydrogens is 442 g/mol. The molecule has 3 amide bonds. The quantitative estimate of drug-likeness (QED) is 0.264. The normalized spacial score (nSPS) is 13.4. The number of rotatable bonds is 12. The van der Waals surface area contributed by atoms with Gasteiger partial charge in [-0.25, -0.2) is 4.79 Å². The van der Waals surface area contributed by atoms with Crippen LogP contribution in [0.4, 0.5) is 4.79 Å². The van der Waals surface area contributed by atoms with Crippen LogP contribution in [0, 0.1) is 11.8 Å². The molecule has 176 valence electrons. The van der Waals surface area contributed by atoms with Gasteiger partial charge in [-0.15, -0.1) is 11.6 Å². The summed E-state index contributed by atoms with van der Waals surface area (Å²) in [7, 11) is 0. The summed E-state index contributed by atoms with van der Waals surface area (Å²) in [5.41, 5.74) is 0.783. The van der Waals surface area contributed by atoms with Gasteiger partial charge in [0.2, 0.25) is 11.8 Å². The summed E-state index contributed by atoms with van der Waals surface area (Å²) in [6.45, 7) is 4.38. The van der Waals surface area contributed by atoms with Crippen molar-refractivity contribution in [2.24, 2.45) is 11.8 Å². The maximum Gasteiger partial charge on any atom is 0.408 e. The number of hydrogen-bond acceptors (Lipinski definition) is 6. The van der Waals surface area contributed by atoms with Gasteiger partial charge in [0, 0.05) is 6.54 Å². The van der Waals surface area contributed by atoms with E-state index < -0.39 is 60.1 Å². The molecule has 0 saturated carbocycles. The standard InChI is InChI=1S/C21H28ClN3O7/c1-12(2)17(25-21(31)32-11-14-7-5-4-6-8-14)19(28)24-13(3)18(27)23-10-15(20(29)30)16(26)9-22/h4-8,12-13,15,17H,9-11H2,1-3H3,(H,23,27)(H,24,28)(H,25,31)(H,29,30)/t13-,15?,17-/m0/s1. The van der Waals surface area contributed by atoms with Gasteiger partial charge in [-0.05, 0) is 18.4 Å². The van der Waals surface area contributed by atoms with E-state index >= 15 is 0 Å². The predicted octanol–water partition coefficient (Wildman–Crippen LogP) is 1.07. The number of benzene rings is 1. The average Bonchev–Trinajstić information content (AvgIpc) is 2.75. The van der Waals surface area contributed by atoms with Crippen LogP contribution in [0.2, 0.25) is 0 Å². The number of hydrogen-bond donors (Lipinski definition) is 4. The molecule has 3 atom stereocenters. The Kier molecular flexibility index (Phi) is 11.2. The number of alkyl carbamates (subject to hydrolysis) is 1. The van der Waals surface area contributed by atoms with Gasteiger partial charge in [-0.1, -0.05) is 44.2 Å². The zero-order chi connectivity index (χ0) is 24.3. The fraction of sp³-hybridized carbons (Fsp3) is 0.476. The van der Waals surface area contributed by atoms with Gasteiger partial charge in [0.25, 0.3) is 0 Å². The van der Waals surface area contributed by atoms with Crippen molar-refractivity contribution in [2.45, 2.75) is 39.5 Å². The summed E-state index contributed by atoms with van der Waals surface area (Å²) >= 11 is 5.37. The van der Waals surface area contributed by atoms with Crippen LogP contribution >= 0.6 is 11.6 Å². The van der Waals surface area contributed by atoms with Crippen LogP contribution in [0.3, 0.4) is 0 Å². The van der Waals surface area contributed by atoms with E-state index in [0.29, 0.717) is 0 Å². The predicted molar refractivity (Wildman–Crippen MR) is 116 cm³/mol. The molecule has 0 aromatic heterocycles. The molecule has 1 aromatic carbocycles. The molecule has 0 aliphatic heterocycles. The zero-order valence-electron chi connectivity index (χ0n) is 18.1. The number of alkyl halides is 1. The largest absolute Gasteiger partial charge is 0.481 e. The van der Waals surface area contributed by atoms with Crippen molar-refractivity contribution in [3.8, 4) is 0 Å². The molecule has 0 saturated heterocycles. The van der Waals surface area contributed by atoms with E-state index in [0.717, 1.165) is 5.56 Å². The Hall–Kier alpha value is -3.14. The first kappa shape index (κ1) is 26.9. The second-order valence-corrected chi connectivity index (χ2v) is 7.66. The van der Waals surface area contributed by atoms with Gasteiger partial charge in [-0.2, -0.15) is 0 Å². The molecule has 0 bridgehead atoms. The first-order valence-electron chi connectivity index (χ1n) is 9.93. The van der Waals surface area contributed by atoms with Crippen LogP contribution in [0.1, 0.15) is 26.3 Å². The molecule has 1 unspecified atom stereocenters. The lowest BCUT2D eigenvalue weighted by atomic mass is 10.0. The van der Waals surface area contributed by atoms with Crippen LogP contribution in [0.5, 0.6) is 0 Å². The van der Waals surface area contributed by atoms with E-state index in [2.05, 4.69) is 16.0 Å². The zero-order valence-corrected chi connectivity index (χ0v) is 18.8. The van der Waals surface area contributed by atoms with Crippen molar-refractivity contribution in [3.05, 3.63) is 35.9 Å². The van der Waals surface area contributed by atoms with Crippen molar-refractivity contribution < 1.29 is 33.8 Å². The van der Waals surface area contributed by atoms with Gasteiger partial charge in [0.15, 0.2) is 5.78 Å². The molecule has 0 fully saturated rings. The smallest absolute Gasteiger partial charge is 0.408 e. The summed E-state index contributed by atoms with van der Waals surface area (Å²) in [5.74, 6) is -5.76. The third-order valence-electron chi connectivity index (χ3n) is 4.49. The summed E-state index contributed by atoms with van der Waals surface area (Å²) < 4.78 is 5.12. The van der Waals surface area contributed by atoms with Crippen molar-refractivity contribution in [2.75, 3.05) is 12.4 Å². The molecule has 4 N–H and O–H groups in total. The van der Waals surface area contributed by atoms with E-state index in [1.165, 1.54) is 6.92 Å². The lowest BCUT2D eigenvalue weighted by Crippen LogP contribution is -2.55. The van der Waals surface area contributed by atoms with Crippen molar-refractivity contribution in [1.82, 2.24) is 16.0 Å². The molecule has 0 aliphatic rings. The Balaban J connectivity index is 2.60. The number of carbonyl (C=O) groups excluding carboxylic acids is 4. The first-order valence-corrected chi connectivity index (χ1v) is 10.5. The van der Waals surface area contributed by atoms with Gasteiger partial charge < -0.3 is 25.8 Å². The molecule has 0 heterocycles. The monoisotopic (exact) mass is 469 g/mol. The van der Waals surface area contributed by atoms with Crippen molar-refractivity contribution >= 4 is 41.3 Å². The van der Waals surface area contributed by atoms with Crippen LogP contribution in [0.25, 0.3) is 0 Å². The van der Waals surface area contributed by atoms with Crippen LogP contribution in [-0.2, 0) is 30.5 Å². The third kappa shape index (κ3) is 8.93. The SMILES string of the molecule is CC(C)[C@H](NC(=O)OCc1ccccc1)C(=O)N[C@@H](C)C(=O)NCC(C(=O)O)C(=O)CCl. The first-order chi connectivity index (χ1) is 15.1. The molecule has 0 radical (unpaired) electrons. The van der Waals surface area contributed by atoms with Crippen LogP contribution in [0.15, 0.2) is 30.3 Å². The summed E-state index contributed by atoms with van der Waals surface area (Å²) in [6.07, 6.45) is -0.788. The second kappa shape index (κ2) is 13.3. The number of ketones is 1. The summed E-state index contributed by atoms with van der Waals surface area (Å²) in [6, 6.07) is 6.99. The van der Waals surface area contributed by atoms with Crippen LogP contribution < -0.4 is 16.0 Å². The molecule has 10 nitrogen and oxygen atoms in total. The maximum absolute atomic E-state index is 12.6. The topological polar surface area (TPSA) is 151 Å². The fourth-order valence-corrected chi connectivity index (χ4v) is 2.77. The molecular formula is C21H28ClN3O7. The number of Topliss-reactive ketones (excluding diaryl/α,β-unsaturated/α-hetero) is 1. The number of carboxylic acids is 1. The molecule has 32 heavy (non-hydrogen) atoms. The Morgan fingerprint density at radius 1 is 1.00 bits per heavy atom. The van der Waals surface area contributed by atoms with E-state index in [-0.39, 0.29) is 12.5 Å². The number of halogens is 1. The number of aliphatic carboxylic acids is 1. The van der Waals surface area contributed by atoms with Crippen molar-refractivity contribution in [1.29, 1.82) is 0 Å². The molecule has 0 spiro atoms. The second-order valence-electron chi connectivity index (χ2n) is 7.39. The Morgan fingerprint density at radius 2 is 1.62 bits per heavy atom. The fourth-order valence-electron chi connectivity index (χ4n) is 2.58. The molecule has 11 heteroatoms. The minimum atomic E-state index is -1.48. The highest BCUT2D eigenvalue weighted by molar-refractivity contribution is 6.29. The van der Waals surface area contributed by atoms with E-state index in [1.54, 1.807) is 38.1 Å². The lowest BCUT2D eigenvalue weighted by molar-refractivity contribution is -0.145. The van der Waals surface area contributed by atoms with Crippen LogP contribution in [-0.4, -0.2) is 59.3 Å². The van der Waals surface area contributed by atoms with E-state index in [9.17, 15) is 24.0 Å². The summed E-state index contributed by atoms with van der Waals surface area (Å²) in [5, 5.41) is 16.3. The molecule has 0 aliphatic carbocycles. The highest BCUT2D eigenvalue weighted by Crippen LogP contribution is 2.06. The lowest BCUT2D eigenvalue weighted by Gasteiger charge is -2.23. The third-order valence-corrected chi connectivity index (χ3v) is 4.75. The van der Waals surface area contributed by atoms with Gasteiger partial charge in [0.05, 0.1) is 5.88 Å². The Morgan fingerprint density at radius 3 is 2.16 bits per heavy atom. The Labute approximate surface area is 191 Å². The number of nitrogens with one attached hydrogen (secondary N) is 3. The number of carboxylic acid groups (broad SMARTS) is 1. The maximum atomic E-state index is 12.6. The minimum absolute atomic E-state index is 0.0314. The van der Waals surface area contributed by atoms with Gasteiger partial charge in [-0.3, -0.25) is 19.2 Å². The highest BCUT2D eigenvalue weighted by Gasteiger charge is 2.29.